The minimum atomic E-state index is -3.31. The number of piperidine rings is 1. The number of anilines is 1. The molecule has 0 radical (unpaired) electrons. The summed E-state index contributed by atoms with van der Waals surface area (Å²) in [6.45, 7) is 1.77. The molecule has 1 aliphatic rings. The molecule has 1 aromatic rings. The predicted molar refractivity (Wildman–Crippen MR) is 79.6 cm³/mol. The zero-order valence-electron chi connectivity index (χ0n) is 11.9. The van der Waals surface area contributed by atoms with Gasteiger partial charge in [0.1, 0.15) is 10.7 Å². The van der Waals surface area contributed by atoms with Crippen molar-refractivity contribution < 1.29 is 13.2 Å². The zero-order chi connectivity index (χ0) is 15.5. The minimum Gasteiger partial charge on any atom is -0.369 e. The number of carbonyl (C=O) groups excluding carboxylic acids is 1. The molecule has 3 N–H and O–H groups in total. The summed E-state index contributed by atoms with van der Waals surface area (Å²) in [5.74, 6) is 0.0684. The summed E-state index contributed by atoms with van der Waals surface area (Å²) in [6.07, 6.45) is 4.37. The van der Waals surface area contributed by atoms with Gasteiger partial charge in [-0.2, -0.15) is 0 Å². The van der Waals surface area contributed by atoms with Gasteiger partial charge in [0.05, 0.1) is 6.54 Å². The highest BCUT2D eigenvalue weighted by atomic mass is 32.2. The Kier molecular flexibility index (Phi) is 4.79. The fourth-order valence-electron chi connectivity index (χ4n) is 2.45. The molecule has 2 rings (SSSR count). The van der Waals surface area contributed by atoms with Crippen molar-refractivity contribution in [3.8, 4) is 0 Å². The molecule has 0 unspecified atom stereocenters. The molecule has 7 nitrogen and oxygen atoms in total. The van der Waals surface area contributed by atoms with Gasteiger partial charge in [-0.05, 0) is 25.0 Å². The highest BCUT2D eigenvalue weighted by molar-refractivity contribution is 7.90. The van der Waals surface area contributed by atoms with Gasteiger partial charge < -0.3 is 11.1 Å². The Morgan fingerprint density at radius 2 is 2.14 bits per heavy atom. The topological polar surface area (TPSA) is 105 Å². The fraction of sp³-hybridized carbons (Fsp3) is 0.538. The van der Waals surface area contributed by atoms with Crippen LogP contribution in [-0.2, 0) is 14.6 Å². The summed E-state index contributed by atoms with van der Waals surface area (Å²) in [4.78, 5) is 17.2. The van der Waals surface area contributed by atoms with E-state index in [0.29, 0.717) is 5.82 Å². The SMILES string of the molecule is CS(=O)(=O)c1cccnc1NC1CCN(CC(N)=O)CC1. The second kappa shape index (κ2) is 6.40. The van der Waals surface area contributed by atoms with Gasteiger partial charge >= 0.3 is 0 Å². The number of hydrogen-bond acceptors (Lipinski definition) is 6. The lowest BCUT2D eigenvalue weighted by molar-refractivity contribution is -0.119. The number of pyridine rings is 1. The van der Waals surface area contributed by atoms with Gasteiger partial charge in [-0.3, -0.25) is 9.69 Å². The number of primary amides is 1. The molecule has 0 spiro atoms. The third kappa shape index (κ3) is 4.40. The Balaban J connectivity index is 2.00. The number of hydrogen-bond donors (Lipinski definition) is 2. The maximum absolute atomic E-state index is 11.7. The number of aromatic nitrogens is 1. The lowest BCUT2D eigenvalue weighted by Crippen LogP contribution is -2.43. The van der Waals surface area contributed by atoms with Gasteiger partial charge in [-0.1, -0.05) is 0 Å². The monoisotopic (exact) mass is 312 g/mol. The minimum absolute atomic E-state index is 0.143. The Labute approximate surface area is 124 Å². The highest BCUT2D eigenvalue weighted by Crippen LogP contribution is 2.21. The van der Waals surface area contributed by atoms with Crippen LogP contribution in [0.3, 0.4) is 0 Å². The molecular formula is C13H20N4O3S. The van der Waals surface area contributed by atoms with E-state index < -0.39 is 9.84 Å². The van der Waals surface area contributed by atoms with Crippen molar-refractivity contribution in [3.05, 3.63) is 18.3 Å². The van der Waals surface area contributed by atoms with Crippen LogP contribution >= 0.6 is 0 Å². The number of carbonyl (C=O) groups is 1. The first-order valence-electron chi connectivity index (χ1n) is 6.78. The van der Waals surface area contributed by atoms with Crippen molar-refractivity contribution in [1.29, 1.82) is 0 Å². The average molecular weight is 312 g/mol. The Morgan fingerprint density at radius 3 is 2.71 bits per heavy atom. The van der Waals surface area contributed by atoms with Crippen molar-refractivity contribution in [3.63, 3.8) is 0 Å². The van der Waals surface area contributed by atoms with E-state index in [1.165, 1.54) is 6.26 Å². The van der Waals surface area contributed by atoms with Crippen LogP contribution in [0, 0.1) is 0 Å². The summed E-state index contributed by atoms with van der Waals surface area (Å²) in [6, 6.07) is 3.30. The van der Waals surface area contributed by atoms with Gasteiger partial charge in [-0.25, -0.2) is 13.4 Å². The van der Waals surface area contributed by atoms with Crippen molar-refractivity contribution in [2.24, 2.45) is 5.73 Å². The first kappa shape index (κ1) is 15.7. The summed E-state index contributed by atoms with van der Waals surface area (Å²) in [5, 5.41) is 3.20. The summed E-state index contributed by atoms with van der Waals surface area (Å²) >= 11 is 0. The maximum atomic E-state index is 11.7. The number of likely N-dealkylation sites (tertiary alicyclic amines) is 1. The first-order chi connectivity index (χ1) is 9.86. The summed E-state index contributed by atoms with van der Waals surface area (Å²) in [5.41, 5.74) is 5.18. The molecule has 2 heterocycles. The van der Waals surface area contributed by atoms with Gasteiger partial charge in [0, 0.05) is 31.6 Å². The standard InChI is InChI=1S/C13H20N4O3S/c1-21(19,20)11-3-2-6-15-13(11)16-10-4-7-17(8-5-10)9-12(14)18/h2-3,6,10H,4-5,7-9H2,1H3,(H2,14,18)(H,15,16). The van der Waals surface area contributed by atoms with Crippen LogP contribution in [0.4, 0.5) is 5.82 Å². The number of rotatable bonds is 5. The first-order valence-corrected chi connectivity index (χ1v) is 8.67. The van der Waals surface area contributed by atoms with Crippen LogP contribution in [-0.4, -0.2) is 56.1 Å². The molecule has 0 saturated carbocycles. The number of sulfone groups is 1. The van der Waals surface area contributed by atoms with Crippen LogP contribution in [0.15, 0.2) is 23.2 Å². The molecule has 1 aliphatic heterocycles. The van der Waals surface area contributed by atoms with Crippen LogP contribution in [0.2, 0.25) is 0 Å². The highest BCUT2D eigenvalue weighted by Gasteiger charge is 2.22. The van der Waals surface area contributed by atoms with Crippen LogP contribution < -0.4 is 11.1 Å². The van der Waals surface area contributed by atoms with Gasteiger partial charge in [0.15, 0.2) is 9.84 Å². The third-order valence-electron chi connectivity index (χ3n) is 3.48. The Bertz CT molecular complexity index is 610. The van der Waals surface area contributed by atoms with Crippen LogP contribution in [0.5, 0.6) is 0 Å². The van der Waals surface area contributed by atoms with E-state index in [-0.39, 0.29) is 23.4 Å². The molecule has 0 bridgehead atoms. The Morgan fingerprint density at radius 1 is 1.48 bits per heavy atom. The number of nitrogens with one attached hydrogen (secondary N) is 1. The van der Waals surface area contributed by atoms with Gasteiger partial charge in [0.2, 0.25) is 5.91 Å². The molecule has 1 saturated heterocycles. The van der Waals surface area contributed by atoms with Crippen LogP contribution in [0.1, 0.15) is 12.8 Å². The van der Waals surface area contributed by atoms with Crippen molar-refractivity contribution >= 4 is 21.6 Å². The van der Waals surface area contributed by atoms with E-state index in [2.05, 4.69) is 10.3 Å². The lowest BCUT2D eigenvalue weighted by Gasteiger charge is -2.32. The van der Waals surface area contributed by atoms with E-state index in [1.54, 1.807) is 18.3 Å². The molecule has 0 atom stereocenters. The number of amides is 1. The smallest absolute Gasteiger partial charge is 0.231 e. The van der Waals surface area contributed by atoms with Gasteiger partial charge in [-0.15, -0.1) is 0 Å². The largest absolute Gasteiger partial charge is 0.369 e. The molecule has 0 aliphatic carbocycles. The molecule has 116 valence electrons. The normalized spacial score (nSPS) is 17.6. The molecule has 1 aromatic heterocycles. The fourth-order valence-corrected chi connectivity index (χ4v) is 3.24. The average Bonchev–Trinajstić information content (AvgIpc) is 2.40. The summed E-state index contributed by atoms with van der Waals surface area (Å²) in [7, 11) is -3.31. The van der Waals surface area contributed by atoms with E-state index in [0.717, 1.165) is 25.9 Å². The quantitative estimate of drug-likeness (QED) is 0.783. The molecule has 1 fully saturated rings. The van der Waals surface area contributed by atoms with E-state index in [4.69, 9.17) is 5.73 Å². The van der Waals surface area contributed by atoms with E-state index >= 15 is 0 Å². The molecule has 1 amide bonds. The second-order valence-electron chi connectivity index (χ2n) is 5.28. The lowest BCUT2D eigenvalue weighted by atomic mass is 10.1. The van der Waals surface area contributed by atoms with Crippen molar-refractivity contribution in [1.82, 2.24) is 9.88 Å². The molecule has 21 heavy (non-hydrogen) atoms. The third-order valence-corrected chi connectivity index (χ3v) is 4.61. The molecular weight excluding hydrogens is 292 g/mol. The number of nitrogens with two attached hydrogens (primary N) is 1. The maximum Gasteiger partial charge on any atom is 0.231 e. The van der Waals surface area contributed by atoms with E-state index in [9.17, 15) is 13.2 Å². The molecule has 0 aromatic carbocycles. The molecule has 8 heteroatoms. The zero-order valence-corrected chi connectivity index (χ0v) is 12.8. The summed E-state index contributed by atoms with van der Waals surface area (Å²) < 4.78 is 23.5. The Hall–Kier alpha value is -1.67. The predicted octanol–water partition coefficient (Wildman–Crippen LogP) is -0.153. The second-order valence-corrected chi connectivity index (χ2v) is 7.27. The van der Waals surface area contributed by atoms with Crippen molar-refractivity contribution in [2.45, 2.75) is 23.8 Å². The van der Waals surface area contributed by atoms with Crippen molar-refractivity contribution in [2.75, 3.05) is 31.2 Å². The van der Waals surface area contributed by atoms with Gasteiger partial charge in [0.25, 0.3) is 0 Å². The number of nitrogens with zero attached hydrogens (tertiary/aromatic N) is 2. The van der Waals surface area contributed by atoms with E-state index in [1.807, 2.05) is 4.90 Å². The van der Waals surface area contributed by atoms with Crippen LogP contribution in [0.25, 0.3) is 0 Å².